The van der Waals surface area contributed by atoms with Gasteiger partial charge in [-0.05, 0) is 60.4 Å². The maximum absolute atomic E-state index is 11.6. The number of carboxylic acid groups (broad SMARTS) is 1. The minimum Gasteiger partial charge on any atom is -0.508 e. The smallest absolute Gasteiger partial charge is 0.315 e. The lowest BCUT2D eigenvalue weighted by atomic mass is 9.86. The first-order valence-electron chi connectivity index (χ1n) is 7.53. The Morgan fingerprint density at radius 3 is 1.54 bits per heavy atom. The molecule has 0 aromatic heterocycles. The zero-order chi connectivity index (χ0) is 18.3. The van der Waals surface area contributed by atoms with E-state index in [-0.39, 0.29) is 11.5 Å². The van der Waals surface area contributed by atoms with Crippen LogP contribution in [0, 0.1) is 13.8 Å². The van der Waals surface area contributed by atoms with E-state index in [0.717, 1.165) is 0 Å². The van der Waals surface area contributed by atoms with Gasteiger partial charge in [0, 0.05) is 13.1 Å². The van der Waals surface area contributed by atoms with Gasteiger partial charge in [-0.1, -0.05) is 12.1 Å². The highest BCUT2D eigenvalue weighted by molar-refractivity contribution is 5.81. The van der Waals surface area contributed by atoms with E-state index < -0.39 is 11.9 Å². The molecule has 0 atom stereocenters. The van der Waals surface area contributed by atoms with Gasteiger partial charge in [0.25, 0.3) is 0 Å². The Balaban J connectivity index is 0.000000648. The van der Waals surface area contributed by atoms with Crippen LogP contribution in [0.25, 0.3) is 0 Å². The van der Waals surface area contributed by atoms with Crippen LogP contribution < -0.4 is 11.5 Å². The van der Waals surface area contributed by atoms with Crippen LogP contribution in [0.1, 0.15) is 28.2 Å². The Labute approximate surface area is 141 Å². The fourth-order valence-corrected chi connectivity index (χ4v) is 2.40. The lowest BCUT2D eigenvalue weighted by Gasteiger charge is -2.18. The molecule has 130 valence electrons. The van der Waals surface area contributed by atoms with E-state index in [2.05, 4.69) is 0 Å². The molecule has 0 aliphatic carbocycles. The SMILES string of the molecule is Cc1cc(O)ccc1C(C(=O)O)c1ccc(O)cc1C.NCCN. The summed E-state index contributed by atoms with van der Waals surface area (Å²) >= 11 is 0. The van der Waals surface area contributed by atoms with Crippen molar-refractivity contribution in [3.63, 3.8) is 0 Å². The van der Waals surface area contributed by atoms with Gasteiger partial charge in [-0.3, -0.25) is 4.79 Å². The summed E-state index contributed by atoms with van der Waals surface area (Å²) in [7, 11) is 0. The van der Waals surface area contributed by atoms with Crippen molar-refractivity contribution in [2.45, 2.75) is 19.8 Å². The molecule has 0 aliphatic heterocycles. The van der Waals surface area contributed by atoms with Crippen LogP contribution in [0.5, 0.6) is 11.5 Å². The Hall–Kier alpha value is -2.57. The summed E-state index contributed by atoms with van der Waals surface area (Å²) in [6, 6.07) is 9.29. The predicted molar refractivity (Wildman–Crippen MR) is 93.3 cm³/mol. The van der Waals surface area contributed by atoms with Crippen LogP contribution in [-0.2, 0) is 4.79 Å². The quantitative estimate of drug-likeness (QED) is 0.581. The second kappa shape index (κ2) is 8.90. The van der Waals surface area contributed by atoms with Crippen LogP contribution in [0.2, 0.25) is 0 Å². The fraction of sp³-hybridized carbons (Fsp3) is 0.278. The lowest BCUT2D eigenvalue weighted by Crippen LogP contribution is -2.15. The van der Waals surface area contributed by atoms with Crippen molar-refractivity contribution in [2.75, 3.05) is 13.1 Å². The standard InChI is InChI=1S/C16H16O4.C2H8N2/c1-9-7-11(17)3-5-13(9)15(16(19)20)14-6-4-12(18)8-10(14)2;3-1-2-4/h3-8,15,17-18H,1-2H3,(H,19,20);1-4H2. The van der Waals surface area contributed by atoms with Gasteiger partial charge in [0.1, 0.15) is 17.4 Å². The van der Waals surface area contributed by atoms with Crippen LogP contribution in [-0.4, -0.2) is 34.4 Å². The number of carboxylic acids is 1. The average Bonchev–Trinajstić information content (AvgIpc) is 2.51. The third kappa shape index (κ3) is 4.97. The average molecular weight is 332 g/mol. The molecule has 2 rings (SSSR count). The van der Waals surface area contributed by atoms with E-state index in [1.54, 1.807) is 38.1 Å². The molecule has 2 aromatic carbocycles. The summed E-state index contributed by atoms with van der Waals surface area (Å²) in [4.78, 5) is 11.6. The van der Waals surface area contributed by atoms with E-state index in [4.69, 9.17) is 11.5 Å². The number of benzene rings is 2. The number of aliphatic carboxylic acids is 1. The number of aromatic hydroxyl groups is 2. The Kier molecular flexibility index (Phi) is 7.23. The number of aryl methyl sites for hydroxylation is 2. The van der Waals surface area contributed by atoms with Gasteiger partial charge in [-0.15, -0.1) is 0 Å². The third-order valence-corrected chi connectivity index (χ3v) is 3.54. The number of nitrogens with two attached hydrogens (primary N) is 2. The second-order valence-corrected chi connectivity index (χ2v) is 5.43. The molecule has 7 N–H and O–H groups in total. The van der Waals surface area contributed by atoms with Crippen molar-refractivity contribution in [3.8, 4) is 11.5 Å². The molecular formula is C18H24N2O4. The maximum Gasteiger partial charge on any atom is 0.315 e. The predicted octanol–water partition coefficient (Wildman–Crippen LogP) is 1.83. The van der Waals surface area contributed by atoms with Crippen molar-refractivity contribution in [2.24, 2.45) is 11.5 Å². The number of carbonyl (C=O) groups is 1. The molecule has 0 radical (unpaired) electrons. The highest BCUT2D eigenvalue weighted by Gasteiger charge is 2.25. The second-order valence-electron chi connectivity index (χ2n) is 5.43. The molecule has 0 bridgehead atoms. The minimum atomic E-state index is -0.965. The molecule has 2 aromatic rings. The van der Waals surface area contributed by atoms with Crippen molar-refractivity contribution in [3.05, 3.63) is 58.7 Å². The van der Waals surface area contributed by atoms with E-state index >= 15 is 0 Å². The van der Waals surface area contributed by atoms with Crippen LogP contribution in [0.15, 0.2) is 36.4 Å². The first kappa shape index (κ1) is 19.5. The molecule has 6 nitrogen and oxygen atoms in total. The number of phenolic OH excluding ortho intramolecular Hbond substituents is 2. The molecule has 0 aliphatic rings. The normalized spacial score (nSPS) is 10.2. The van der Waals surface area contributed by atoms with Gasteiger partial charge < -0.3 is 26.8 Å². The van der Waals surface area contributed by atoms with Crippen LogP contribution in [0.4, 0.5) is 0 Å². The zero-order valence-electron chi connectivity index (χ0n) is 13.9. The molecule has 0 fully saturated rings. The molecular weight excluding hydrogens is 308 g/mol. The molecule has 6 heteroatoms. The van der Waals surface area contributed by atoms with E-state index in [9.17, 15) is 20.1 Å². The van der Waals surface area contributed by atoms with E-state index in [1.807, 2.05) is 0 Å². The van der Waals surface area contributed by atoms with Gasteiger partial charge in [-0.2, -0.15) is 0 Å². The summed E-state index contributed by atoms with van der Waals surface area (Å²) in [6.45, 7) is 4.72. The summed E-state index contributed by atoms with van der Waals surface area (Å²) in [5.41, 5.74) is 12.5. The highest BCUT2D eigenvalue weighted by atomic mass is 16.4. The number of hydrogen-bond acceptors (Lipinski definition) is 5. The van der Waals surface area contributed by atoms with Crippen LogP contribution in [0.3, 0.4) is 0 Å². The number of phenols is 2. The van der Waals surface area contributed by atoms with Crippen molar-refractivity contribution in [1.29, 1.82) is 0 Å². The Morgan fingerprint density at radius 1 is 0.917 bits per heavy atom. The summed E-state index contributed by atoms with van der Waals surface area (Å²) in [6.07, 6.45) is 0. The molecule has 0 amide bonds. The van der Waals surface area contributed by atoms with Gasteiger partial charge in [0.2, 0.25) is 0 Å². The van der Waals surface area contributed by atoms with Gasteiger partial charge in [0.15, 0.2) is 0 Å². The van der Waals surface area contributed by atoms with Crippen molar-refractivity contribution in [1.82, 2.24) is 0 Å². The minimum absolute atomic E-state index is 0.109. The summed E-state index contributed by atoms with van der Waals surface area (Å²) in [5, 5.41) is 28.4. The highest BCUT2D eigenvalue weighted by Crippen LogP contribution is 2.32. The molecule has 0 saturated carbocycles. The van der Waals surface area contributed by atoms with Gasteiger partial charge >= 0.3 is 5.97 Å². The zero-order valence-corrected chi connectivity index (χ0v) is 13.9. The largest absolute Gasteiger partial charge is 0.508 e. The first-order valence-corrected chi connectivity index (χ1v) is 7.53. The molecule has 0 saturated heterocycles. The van der Waals surface area contributed by atoms with Crippen molar-refractivity contribution >= 4 is 5.97 Å². The number of rotatable bonds is 4. The Morgan fingerprint density at radius 2 is 1.29 bits per heavy atom. The monoisotopic (exact) mass is 332 g/mol. The Bertz CT molecular complexity index is 648. The van der Waals surface area contributed by atoms with Crippen molar-refractivity contribution < 1.29 is 20.1 Å². The van der Waals surface area contributed by atoms with Gasteiger partial charge in [-0.25, -0.2) is 0 Å². The van der Waals surface area contributed by atoms with Gasteiger partial charge in [0.05, 0.1) is 0 Å². The van der Waals surface area contributed by atoms with E-state index in [0.29, 0.717) is 35.3 Å². The molecule has 0 unspecified atom stereocenters. The number of hydrogen-bond donors (Lipinski definition) is 5. The topological polar surface area (TPSA) is 130 Å². The molecule has 24 heavy (non-hydrogen) atoms. The third-order valence-electron chi connectivity index (χ3n) is 3.54. The molecule has 0 spiro atoms. The fourth-order valence-electron chi connectivity index (χ4n) is 2.40. The first-order chi connectivity index (χ1) is 11.3. The maximum atomic E-state index is 11.6. The summed E-state index contributed by atoms with van der Waals surface area (Å²) in [5.74, 6) is -1.57. The molecule has 0 heterocycles. The van der Waals surface area contributed by atoms with E-state index in [1.165, 1.54) is 12.1 Å². The van der Waals surface area contributed by atoms with Crippen LogP contribution >= 0.6 is 0 Å². The lowest BCUT2D eigenvalue weighted by molar-refractivity contribution is -0.137. The summed E-state index contributed by atoms with van der Waals surface area (Å²) < 4.78 is 0.